The van der Waals surface area contributed by atoms with E-state index < -0.39 is 0 Å². The van der Waals surface area contributed by atoms with E-state index in [1.54, 1.807) is 0 Å². The zero-order chi connectivity index (χ0) is 16.9. The molecule has 3 amide bonds. The van der Waals surface area contributed by atoms with Crippen molar-refractivity contribution in [1.29, 1.82) is 0 Å². The van der Waals surface area contributed by atoms with Crippen LogP contribution in [0.4, 0.5) is 0 Å². The Morgan fingerprint density at radius 3 is 1.84 bits per heavy atom. The maximum atomic E-state index is 13.2. The summed E-state index contributed by atoms with van der Waals surface area (Å²) in [6.07, 6.45) is 11.7. The van der Waals surface area contributed by atoms with Crippen LogP contribution in [0, 0.1) is 46.8 Å². The molecule has 0 aromatic carbocycles. The Morgan fingerprint density at radius 2 is 1.36 bits per heavy atom. The highest BCUT2D eigenvalue weighted by Gasteiger charge is 2.61. The summed E-state index contributed by atoms with van der Waals surface area (Å²) in [5.41, 5.74) is 2.47. The number of nitrogens with zero attached hydrogens (tertiary/aromatic N) is 1. The molecular formula is C20H24N2O3. The second kappa shape index (κ2) is 4.54. The molecule has 5 heteroatoms. The fourth-order valence-electron chi connectivity index (χ4n) is 7.62. The van der Waals surface area contributed by atoms with Gasteiger partial charge in [-0.25, -0.2) is 0 Å². The van der Waals surface area contributed by atoms with E-state index in [1.807, 2.05) is 0 Å². The molecule has 6 bridgehead atoms. The van der Waals surface area contributed by atoms with Crippen molar-refractivity contribution < 1.29 is 14.4 Å². The smallest absolute Gasteiger partial charge is 0.252 e. The molecule has 4 atom stereocenters. The number of hydrogen-bond donors (Lipinski definition) is 1. The van der Waals surface area contributed by atoms with Crippen molar-refractivity contribution in [1.82, 2.24) is 10.4 Å². The summed E-state index contributed by atoms with van der Waals surface area (Å²) in [6.45, 7) is 0. The molecule has 1 heterocycles. The number of hydrazine groups is 1. The molecule has 25 heavy (non-hydrogen) atoms. The molecule has 5 saturated carbocycles. The third-order valence-corrected chi connectivity index (χ3v) is 8.20. The van der Waals surface area contributed by atoms with Gasteiger partial charge >= 0.3 is 0 Å². The van der Waals surface area contributed by atoms with Crippen molar-refractivity contribution in [3.63, 3.8) is 0 Å². The van der Waals surface area contributed by atoms with E-state index in [0.717, 1.165) is 30.7 Å². The molecule has 0 unspecified atom stereocenters. The van der Waals surface area contributed by atoms with Crippen LogP contribution < -0.4 is 5.43 Å². The molecule has 1 N–H and O–H groups in total. The molecule has 1 saturated heterocycles. The van der Waals surface area contributed by atoms with Crippen LogP contribution in [0.25, 0.3) is 0 Å². The van der Waals surface area contributed by atoms with Crippen LogP contribution in [0.15, 0.2) is 12.2 Å². The van der Waals surface area contributed by atoms with Crippen molar-refractivity contribution in [3.05, 3.63) is 12.2 Å². The van der Waals surface area contributed by atoms with Gasteiger partial charge in [0.25, 0.3) is 11.8 Å². The zero-order valence-electron chi connectivity index (χ0n) is 14.3. The van der Waals surface area contributed by atoms with Crippen molar-refractivity contribution in [2.75, 3.05) is 0 Å². The summed E-state index contributed by atoms with van der Waals surface area (Å²) in [7, 11) is 0. The Morgan fingerprint density at radius 1 is 0.880 bits per heavy atom. The van der Waals surface area contributed by atoms with Crippen LogP contribution in [0.5, 0.6) is 0 Å². The summed E-state index contributed by atoms with van der Waals surface area (Å²) in [6, 6.07) is 0. The van der Waals surface area contributed by atoms with E-state index in [4.69, 9.17) is 0 Å². The fraction of sp³-hybridized carbons (Fsp3) is 0.750. The van der Waals surface area contributed by atoms with Crippen molar-refractivity contribution in [2.24, 2.45) is 46.8 Å². The number of nitrogens with one attached hydrogen (secondary N) is 1. The molecule has 1 aliphatic heterocycles. The predicted octanol–water partition coefficient (Wildman–Crippen LogP) is 2.04. The number of imide groups is 1. The number of fused-ring (bicyclic) bond motifs is 5. The standard InChI is InChI=1S/C20H24N2O3/c23-17-15-13-1-2-14(6-13)16(15)18(24)22(17)21-19(25)20-7-10-3-11(8-20)5-12(4-10)9-20/h1-2,10-16H,3-9H2,(H,21,25)/t10?,11?,12?,13-,14-,15-,16+,20?/m1/s1. The molecule has 0 spiro atoms. The van der Waals surface area contributed by atoms with Gasteiger partial charge in [-0.1, -0.05) is 12.2 Å². The Balaban J connectivity index is 1.25. The van der Waals surface area contributed by atoms with Gasteiger partial charge in [-0.05, 0) is 74.5 Å². The molecule has 132 valence electrons. The minimum atomic E-state index is -0.329. The van der Waals surface area contributed by atoms with Gasteiger partial charge in [0.1, 0.15) is 0 Å². The SMILES string of the molecule is O=C1[C@@H]2[C@H](C(=O)N1NC(=O)C13CC4CC(CC(C4)C1)C3)[C@@H]1C=C[C@@H]2C1. The Labute approximate surface area is 147 Å². The Bertz CT molecular complexity index is 661. The van der Waals surface area contributed by atoms with Crippen molar-refractivity contribution in [2.45, 2.75) is 44.9 Å². The number of carbonyl (C=O) groups is 3. The highest BCUT2D eigenvalue weighted by molar-refractivity contribution is 6.07. The van der Waals surface area contributed by atoms with Gasteiger partial charge in [0.15, 0.2) is 0 Å². The fourth-order valence-corrected chi connectivity index (χ4v) is 7.62. The average molecular weight is 340 g/mol. The maximum Gasteiger partial charge on any atom is 0.252 e. The third-order valence-electron chi connectivity index (χ3n) is 8.20. The zero-order valence-corrected chi connectivity index (χ0v) is 14.3. The van der Waals surface area contributed by atoms with Gasteiger partial charge in [0.05, 0.1) is 17.3 Å². The Hall–Kier alpha value is -1.65. The van der Waals surface area contributed by atoms with Crippen LogP contribution in [-0.2, 0) is 14.4 Å². The van der Waals surface area contributed by atoms with Gasteiger partial charge in [-0.15, -0.1) is 0 Å². The largest absolute Gasteiger partial charge is 0.273 e. The lowest BCUT2D eigenvalue weighted by atomic mass is 9.49. The van der Waals surface area contributed by atoms with Crippen LogP contribution in [-0.4, -0.2) is 22.7 Å². The third kappa shape index (κ3) is 1.77. The lowest BCUT2D eigenvalue weighted by molar-refractivity contribution is -0.160. The van der Waals surface area contributed by atoms with Crippen LogP contribution in [0.1, 0.15) is 44.9 Å². The van der Waals surface area contributed by atoms with Gasteiger partial charge in [0.2, 0.25) is 5.91 Å². The predicted molar refractivity (Wildman–Crippen MR) is 88.3 cm³/mol. The second-order valence-electron chi connectivity index (χ2n) is 9.65. The minimum Gasteiger partial charge on any atom is -0.273 e. The number of rotatable bonds is 2. The molecule has 0 radical (unpaired) electrons. The molecule has 0 aromatic heterocycles. The van der Waals surface area contributed by atoms with Crippen molar-refractivity contribution in [3.8, 4) is 0 Å². The van der Waals surface area contributed by atoms with E-state index in [2.05, 4.69) is 17.6 Å². The number of hydrogen-bond acceptors (Lipinski definition) is 3. The molecule has 7 aliphatic rings. The van der Waals surface area contributed by atoms with Gasteiger partial charge in [-0.2, -0.15) is 5.01 Å². The maximum absolute atomic E-state index is 13.2. The molecule has 6 fully saturated rings. The first-order valence-corrected chi connectivity index (χ1v) is 9.91. The minimum absolute atomic E-state index is 0.0615. The first-order chi connectivity index (χ1) is 12.0. The molecular weight excluding hydrogens is 316 g/mol. The molecule has 6 aliphatic carbocycles. The van der Waals surface area contributed by atoms with E-state index in [-0.39, 0.29) is 46.8 Å². The normalized spacial score (nSPS) is 51.5. The summed E-state index contributed by atoms with van der Waals surface area (Å²) in [5, 5.41) is 1.10. The highest BCUT2D eigenvalue weighted by atomic mass is 16.2. The van der Waals surface area contributed by atoms with E-state index in [0.29, 0.717) is 17.8 Å². The lowest BCUT2D eigenvalue weighted by Crippen LogP contribution is -2.58. The first-order valence-electron chi connectivity index (χ1n) is 9.91. The van der Waals surface area contributed by atoms with Crippen LogP contribution in [0.3, 0.4) is 0 Å². The van der Waals surface area contributed by atoms with E-state index in [1.165, 1.54) is 19.3 Å². The van der Waals surface area contributed by atoms with Crippen LogP contribution >= 0.6 is 0 Å². The second-order valence-corrected chi connectivity index (χ2v) is 9.65. The highest BCUT2D eigenvalue weighted by Crippen LogP contribution is 2.60. The summed E-state index contributed by atoms with van der Waals surface area (Å²) in [5.74, 6) is 1.49. The first kappa shape index (κ1) is 14.5. The molecule has 5 nitrogen and oxygen atoms in total. The van der Waals surface area contributed by atoms with E-state index >= 15 is 0 Å². The molecule has 7 rings (SSSR count). The summed E-state index contributed by atoms with van der Waals surface area (Å²) in [4.78, 5) is 38.8. The molecule has 0 aromatic rings. The number of amides is 3. The summed E-state index contributed by atoms with van der Waals surface area (Å²) >= 11 is 0. The van der Waals surface area contributed by atoms with Gasteiger partial charge in [0, 0.05) is 0 Å². The van der Waals surface area contributed by atoms with Crippen molar-refractivity contribution >= 4 is 17.7 Å². The topological polar surface area (TPSA) is 66.5 Å². The van der Waals surface area contributed by atoms with Gasteiger partial charge in [-0.3, -0.25) is 19.8 Å². The van der Waals surface area contributed by atoms with Crippen LogP contribution in [0.2, 0.25) is 0 Å². The summed E-state index contributed by atoms with van der Waals surface area (Å²) < 4.78 is 0. The quantitative estimate of drug-likeness (QED) is 0.618. The lowest BCUT2D eigenvalue weighted by Gasteiger charge is -2.55. The monoisotopic (exact) mass is 340 g/mol. The Kier molecular flexibility index (Phi) is 2.64. The number of carbonyl (C=O) groups excluding carboxylic acids is 3. The van der Waals surface area contributed by atoms with E-state index in [9.17, 15) is 14.4 Å². The average Bonchev–Trinajstić information content (AvgIpc) is 3.23. The van der Waals surface area contributed by atoms with Gasteiger partial charge < -0.3 is 0 Å². The number of allylic oxidation sites excluding steroid dienone is 2.